The van der Waals surface area contributed by atoms with E-state index in [1.54, 1.807) is 18.3 Å². The quantitative estimate of drug-likeness (QED) is 0.859. The molecule has 1 fully saturated rings. The first-order chi connectivity index (χ1) is 8.54. The first-order valence-electron chi connectivity index (χ1n) is 6.11. The number of carboxylic acid groups (broad SMARTS) is 1. The highest BCUT2D eigenvalue weighted by Gasteiger charge is 2.45. The van der Waals surface area contributed by atoms with Gasteiger partial charge >= 0.3 is 5.97 Å². The van der Waals surface area contributed by atoms with Gasteiger partial charge in [0.25, 0.3) is 0 Å². The Balaban J connectivity index is 1.94. The van der Waals surface area contributed by atoms with Crippen LogP contribution in [-0.2, 0) is 9.59 Å². The Kier molecular flexibility index (Phi) is 3.71. The zero-order valence-electron chi connectivity index (χ0n) is 10.5. The maximum atomic E-state index is 11.9. The lowest BCUT2D eigenvalue weighted by atomic mass is 10.1. The van der Waals surface area contributed by atoms with Crippen molar-refractivity contribution in [1.29, 1.82) is 0 Å². The van der Waals surface area contributed by atoms with Crippen LogP contribution in [0.2, 0.25) is 0 Å². The molecule has 1 aliphatic rings. The molecule has 4 nitrogen and oxygen atoms in total. The molecule has 0 saturated heterocycles. The van der Waals surface area contributed by atoms with Gasteiger partial charge in [0.1, 0.15) is 6.04 Å². The minimum atomic E-state index is -0.963. The van der Waals surface area contributed by atoms with Crippen molar-refractivity contribution in [3.63, 3.8) is 0 Å². The molecule has 0 aliphatic heterocycles. The predicted molar refractivity (Wildman–Crippen MR) is 69.8 cm³/mol. The molecule has 2 N–H and O–H groups in total. The summed E-state index contributed by atoms with van der Waals surface area (Å²) in [6.07, 6.45) is 1.25. The molecule has 0 bridgehead atoms. The summed E-state index contributed by atoms with van der Waals surface area (Å²) in [7, 11) is 0. The number of nitrogens with one attached hydrogen (secondary N) is 1. The Morgan fingerprint density at radius 3 is 2.83 bits per heavy atom. The van der Waals surface area contributed by atoms with E-state index in [2.05, 4.69) is 11.4 Å². The number of thiophene rings is 1. The molecule has 1 aliphatic carbocycles. The maximum absolute atomic E-state index is 11.9. The minimum Gasteiger partial charge on any atom is -0.480 e. The fraction of sp³-hybridized carbons (Fsp3) is 0.538. The van der Waals surface area contributed by atoms with Crippen LogP contribution in [0.4, 0.5) is 0 Å². The lowest BCUT2D eigenvalue weighted by molar-refractivity contribution is -0.142. The number of rotatable bonds is 5. The molecule has 98 valence electrons. The van der Waals surface area contributed by atoms with Crippen molar-refractivity contribution in [2.24, 2.45) is 5.92 Å². The zero-order valence-corrected chi connectivity index (χ0v) is 11.3. The third kappa shape index (κ3) is 2.56. The number of aliphatic carboxylic acids is 1. The molecule has 1 amide bonds. The Labute approximate surface area is 110 Å². The van der Waals surface area contributed by atoms with Crippen LogP contribution < -0.4 is 5.32 Å². The molecular weight excluding hydrogens is 250 g/mol. The number of carbonyl (C=O) groups is 2. The molecule has 5 heteroatoms. The van der Waals surface area contributed by atoms with Gasteiger partial charge in [-0.3, -0.25) is 4.79 Å². The summed E-state index contributed by atoms with van der Waals surface area (Å²) in [6.45, 7) is 3.80. The minimum absolute atomic E-state index is 0.0456. The Morgan fingerprint density at radius 1 is 1.61 bits per heavy atom. The smallest absolute Gasteiger partial charge is 0.326 e. The van der Waals surface area contributed by atoms with Gasteiger partial charge < -0.3 is 10.4 Å². The second kappa shape index (κ2) is 5.10. The van der Waals surface area contributed by atoms with E-state index in [-0.39, 0.29) is 17.7 Å². The van der Waals surface area contributed by atoms with Gasteiger partial charge in [-0.1, -0.05) is 6.92 Å². The van der Waals surface area contributed by atoms with E-state index in [4.69, 9.17) is 5.11 Å². The molecule has 1 saturated carbocycles. The number of hydrogen-bond acceptors (Lipinski definition) is 3. The first kappa shape index (κ1) is 13.1. The average Bonchev–Trinajstić information content (AvgIpc) is 3.01. The van der Waals surface area contributed by atoms with Gasteiger partial charge in [-0.15, -0.1) is 11.3 Å². The molecule has 2 rings (SSSR count). The van der Waals surface area contributed by atoms with Crippen molar-refractivity contribution in [2.45, 2.75) is 38.6 Å². The van der Waals surface area contributed by atoms with Crippen LogP contribution >= 0.6 is 11.3 Å². The summed E-state index contributed by atoms with van der Waals surface area (Å²) in [5, 5.41) is 13.5. The standard InChI is InChI=1S/C13H17NO3S/c1-3-10(13(16)17)14-12(15)9-6-8(9)11-7(2)4-5-18-11/h4-5,8-10H,3,6H2,1-2H3,(H,14,15)(H,16,17)/t8-,9-,10+/m1/s1. The van der Waals surface area contributed by atoms with Gasteiger partial charge in [0.15, 0.2) is 0 Å². The van der Waals surface area contributed by atoms with E-state index in [1.807, 2.05) is 12.3 Å². The lowest BCUT2D eigenvalue weighted by Gasteiger charge is -2.11. The molecule has 1 aromatic rings. The van der Waals surface area contributed by atoms with Gasteiger partial charge in [0.2, 0.25) is 5.91 Å². The van der Waals surface area contributed by atoms with Crippen LogP contribution in [0.15, 0.2) is 11.4 Å². The molecule has 3 atom stereocenters. The van der Waals surface area contributed by atoms with Gasteiger partial charge in [-0.2, -0.15) is 0 Å². The fourth-order valence-corrected chi connectivity index (χ4v) is 3.26. The number of carbonyl (C=O) groups excluding carboxylic acids is 1. The number of hydrogen-bond donors (Lipinski definition) is 2. The summed E-state index contributed by atoms with van der Waals surface area (Å²) in [4.78, 5) is 24.0. The van der Waals surface area contributed by atoms with Crippen molar-refractivity contribution >= 4 is 23.2 Å². The van der Waals surface area contributed by atoms with Crippen molar-refractivity contribution < 1.29 is 14.7 Å². The zero-order chi connectivity index (χ0) is 13.3. The van der Waals surface area contributed by atoms with Crippen molar-refractivity contribution in [1.82, 2.24) is 5.32 Å². The second-order valence-electron chi connectivity index (χ2n) is 4.72. The lowest BCUT2D eigenvalue weighted by Crippen LogP contribution is -2.41. The van der Waals surface area contributed by atoms with Crippen LogP contribution in [0, 0.1) is 12.8 Å². The molecule has 0 aromatic carbocycles. The van der Waals surface area contributed by atoms with Crippen LogP contribution in [0.25, 0.3) is 0 Å². The Hall–Kier alpha value is -1.36. The molecule has 1 heterocycles. The molecule has 0 unspecified atom stereocenters. The maximum Gasteiger partial charge on any atom is 0.326 e. The van der Waals surface area contributed by atoms with Crippen LogP contribution in [-0.4, -0.2) is 23.0 Å². The highest BCUT2D eigenvalue weighted by molar-refractivity contribution is 7.10. The molecular formula is C13H17NO3S. The second-order valence-corrected chi connectivity index (χ2v) is 5.67. The van der Waals surface area contributed by atoms with Gasteiger partial charge in [0, 0.05) is 16.7 Å². The molecule has 0 radical (unpaired) electrons. The monoisotopic (exact) mass is 267 g/mol. The molecule has 0 spiro atoms. The average molecular weight is 267 g/mol. The summed E-state index contributed by atoms with van der Waals surface area (Å²) >= 11 is 1.68. The predicted octanol–water partition coefficient (Wildman–Crippen LogP) is 2.14. The Morgan fingerprint density at radius 2 is 2.33 bits per heavy atom. The molecule has 1 aromatic heterocycles. The van der Waals surface area contributed by atoms with E-state index in [1.165, 1.54) is 10.4 Å². The normalized spacial score (nSPS) is 23.4. The van der Waals surface area contributed by atoms with E-state index in [0.717, 1.165) is 6.42 Å². The number of amides is 1. The molecule has 18 heavy (non-hydrogen) atoms. The summed E-state index contributed by atoms with van der Waals surface area (Å²) in [5.41, 5.74) is 1.23. The van der Waals surface area contributed by atoms with Crippen molar-refractivity contribution in [2.75, 3.05) is 0 Å². The van der Waals surface area contributed by atoms with E-state index < -0.39 is 12.0 Å². The van der Waals surface area contributed by atoms with Crippen LogP contribution in [0.5, 0.6) is 0 Å². The van der Waals surface area contributed by atoms with Crippen molar-refractivity contribution in [3.05, 3.63) is 21.9 Å². The van der Waals surface area contributed by atoms with Gasteiger partial charge in [0.05, 0.1) is 0 Å². The first-order valence-corrected chi connectivity index (χ1v) is 6.99. The van der Waals surface area contributed by atoms with E-state index in [0.29, 0.717) is 6.42 Å². The summed E-state index contributed by atoms with van der Waals surface area (Å²) < 4.78 is 0. The number of aryl methyl sites for hydroxylation is 1. The SMILES string of the molecule is CC[C@H](NC(=O)[C@@H]1C[C@H]1c1sccc1C)C(=O)O. The van der Waals surface area contributed by atoms with E-state index in [9.17, 15) is 9.59 Å². The van der Waals surface area contributed by atoms with Crippen LogP contribution in [0.3, 0.4) is 0 Å². The van der Waals surface area contributed by atoms with E-state index >= 15 is 0 Å². The van der Waals surface area contributed by atoms with Crippen LogP contribution in [0.1, 0.15) is 36.1 Å². The van der Waals surface area contributed by atoms with Gasteiger partial charge in [-0.25, -0.2) is 4.79 Å². The summed E-state index contributed by atoms with van der Waals surface area (Å²) in [5.74, 6) is -0.843. The van der Waals surface area contributed by atoms with Gasteiger partial charge in [-0.05, 0) is 36.8 Å². The number of carboxylic acids is 1. The third-order valence-electron chi connectivity index (χ3n) is 3.39. The third-order valence-corrected chi connectivity index (χ3v) is 4.54. The topological polar surface area (TPSA) is 66.4 Å². The largest absolute Gasteiger partial charge is 0.480 e. The Bertz CT molecular complexity index is 469. The highest BCUT2D eigenvalue weighted by Crippen LogP contribution is 2.50. The van der Waals surface area contributed by atoms with Crippen molar-refractivity contribution in [3.8, 4) is 0 Å². The summed E-state index contributed by atoms with van der Waals surface area (Å²) in [6, 6.07) is 1.29. The fourth-order valence-electron chi connectivity index (χ4n) is 2.16. The highest BCUT2D eigenvalue weighted by atomic mass is 32.1.